The summed E-state index contributed by atoms with van der Waals surface area (Å²) in [7, 11) is 3.51. The zero-order chi connectivity index (χ0) is 21.1. The minimum atomic E-state index is 0.263. The third-order valence-corrected chi connectivity index (χ3v) is 6.43. The number of aromatic nitrogens is 2. The van der Waals surface area contributed by atoms with E-state index in [9.17, 15) is 0 Å². The summed E-state index contributed by atoms with van der Waals surface area (Å²) in [6, 6.07) is 6.76. The summed E-state index contributed by atoms with van der Waals surface area (Å²) < 4.78 is 11.8. The van der Waals surface area contributed by atoms with Crippen LogP contribution in [0.25, 0.3) is 11.1 Å². The van der Waals surface area contributed by atoms with Gasteiger partial charge < -0.3 is 20.5 Å². The number of aryl methyl sites for hydroxylation is 1. The maximum absolute atomic E-state index is 6.28. The van der Waals surface area contributed by atoms with Crippen LogP contribution in [-0.2, 0) is 0 Å². The van der Waals surface area contributed by atoms with Gasteiger partial charge in [0.15, 0.2) is 11.5 Å². The molecule has 1 unspecified atom stereocenters. The first-order valence-electron chi connectivity index (χ1n) is 11.0. The molecule has 1 saturated carbocycles. The van der Waals surface area contributed by atoms with Crippen molar-refractivity contribution in [2.45, 2.75) is 45.1 Å². The fourth-order valence-electron chi connectivity index (χ4n) is 4.87. The highest BCUT2D eigenvalue weighted by molar-refractivity contribution is 5.79. The van der Waals surface area contributed by atoms with E-state index in [-0.39, 0.29) is 5.95 Å². The normalized spacial score (nSPS) is 19.9. The van der Waals surface area contributed by atoms with Crippen molar-refractivity contribution in [1.29, 1.82) is 0 Å². The Morgan fingerprint density at radius 2 is 1.97 bits per heavy atom. The number of hydrogen-bond acceptors (Lipinski definition) is 7. The van der Waals surface area contributed by atoms with Gasteiger partial charge in [0, 0.05) is 31.1 Å². The summed E-state index contributed by atoms with van der Waals surface area (Å²) in [5.74, 6) is 3.03. The second-order valence-corrected chi connectivity index (χ2v) is 8.41. The second-order valence-electron chi connectivity index (χ2n) is 8.41. The van der Waals surface area contributed by atoms with Gasteiger partial charge in [-0.3, -0.25) is 4.90 Å². The molecule has 7 heteroatoms. The van der Waals surface area contributed by atoms with Crippen LogP contribution in [0.3, 0.4) is 0 Å². The van der Waals surface area contributed by atoms with E-state index < -0.39 is 0 Å². The average Bonchev–Trinajstić information content (AvgIpc) is 3.43. The van der Waals surface area contributed by atoms with Crippen LogP contribution >= 0.6 is 0 Å². The summed E-state index contributed by atoms with van der Waals surface area (Å²) in [5.41, 5.74) is 8.55. The SMILES string of the molecule is CNc1nc(N)nc(C)c1-c1ccc(OC)c(OCC2CCN(C3CCCC3)C2)c1. The van der Waals surface area contributed by atoms with E-state index in [0.29, 0.717) is 18.3 Å². The van der Waals surface area contributed by atoms with Gasteiger partial charge in [-0.1, -0.05) is 18.9 Å². The van der Waals surface area contributed by atoms with E-state index in [1.165, 1.54) is 38.6 Å². The summed E-state index contributed by atoms with van der Waals surface area (Å²) in [4.78, 5) is 11.3. The van der Waals surface area contributed by atoms with Crippen molar-refractivity contribution >= 4 is 11.8 Å². The number of anilines is 2. The summed E-state index contributed by atoms with van der Waals surface area (Å²) >= 11 is 0. The minimum absolute atomic E-state index is 0.263. The number of methoxy groups -OCH3 is 1. The number of nitrogen functional groups attached to an aromatic ring is 1. The van der Waals surface area contributed by atoms with E-state index in [1.807, 2.05) is 32.2 Å². The topological polar surface area (TPSA) is 85.5 Å². The number of nitrogens with zero attached hydrogens (tertiary/aromatic N) is 3. The van der Waals surface area contributed by atoms with Crippen molar-refractivity contribution in [2.24, 2.45) is 5.92 Å². The molecule has 2 aromatic rings. The van der Waals surface area contributed by atoms with Crippen LogP contribution in [0.1, 0.15) is 37.8 Å². The highest BCUT2D eigenvalue weighted by Crippen LogP contribution is 2.37. The number of rotatable bonds is 7. The first-order chi connectivity index (χ1) is 14.6. The maximum atomic E-state index is 6.28. The lowest BCUT2D eigenvalue weighted by molar-refractivity contribution is 0.206. The molecule has 0 bridgehead atoms. The summed E-state index contributed by atoms with van der Waals surface area (Å²) in [6.45, 7) is 4.99. The zero-order valence-electron chi connectivity index (χ0n) is 18.3. The predicted molar refractivity (Wildman–Crippen MR) is 120 cm³/mol. The minimum Gasteiger partial charge on any atom is -0.493 e. The van der Waals surface area contributed by atoms with Gasteiger partial charge in [-0.05, 0) is 50.4 Å². The van der Waals surface area contributed by atoms with Crippen LogP contribution < -0.4 is 20.5 Å². The molecule has 1 aromatic heterocycles. The van der Waals surface area contributed by atoms with Crippen LogP contribution in [0, 0.1) is 12.8 Å². The lowest BCUT2D eigenvalue weighted by atomic mass is 10.0. The standard InChI is InChI=1S/C23H33N5O2/c1-15-21(22(25-2)27-23(24)26-15)17-8-9-19(29-3)20(12-17)30-14-16-10-11-28(13-16)18-6-4-5-7-18/h8-9,12,16,18H,4-7,10-11,13-14H2,1-3H3,(H3,24,25,26,27). The van der Waals surface area contributed by atoms with Crippen molar-refractivity contribution < 1.29 is 9.47 Å². The van der Waals surface area contributed by atoms with E-state index >= 15 is 0 Å². The van der Waals surface area contributed by atoms with Gasteiger partial charge in [-0.2, -0.15) is 4.98 Å². The van der Waals surface area contributed by atoms with Crippen LogP contribution in [0.15, 0.2) is 18.2 Å². The molecule has 0 amide bonds. The van der Waals surface area contributed by atoms with E-state index in [0.717, 1.165) is 40.9 Å². The van der Waals surface area contributed by atoms with Crippen LogP contribution in [0.5, 0.6) is 11.5 Å². The van der Waals surface area contributed by atoms with Crippen molar-refractivity contribution in [3.63, 3.8) is 0 Å². The Labute approximate surface area is 179 Å². The van der Waals surface area contributed by atoms with Crippen LogP contribution in [0.2, 0.25) is 0 Å². The monoisotopic (exact) mass is 411 g/mol. The van der Waals surface area contributed by atoms with Crippen molar-refractivity contribution in [3.05, 3.63) is 23.9 Å². The summed E-state index contributed by atoms with van der Waals surface area (Å²) in [6.07, 6.45) is 6.69. The molecule has 7 nitrogen and oxygen atoms in total. The van der Waals surface area contributed by atoms with E-state index in [2.05, 4.69) is 20.2 Å². The lowest BCUT2D eigenvalue weighted by Gasteiger charge is -2.23. The molecular weight excluding hydrogens is 378 g/mol. The fourth-order valence-corrected chi connectivity index (χ4v) is 4.87. The number of nitrogens with two attached hydrogens (primary N) is 1. The molecule has 0 radical (unpaired) electrons. The largest absolute Gasteiger partial charge is 0.493 e. The molecule has 2 fully saturated rings. The smallest absolute Gasteiger partial charge is 0.222 e. The number of hydrogen-bond donors (Lipinski definition) is 2. The molecule has 3 N–H and O–H groups in total. The van der Waals surface area contributed by atoms with Gasteiger partial charge in [-0.15, -0.1) is 0 Å². The quantitative estimate of drug-likeness (QED) is 0.718. The Morgan fingerprint density at radius 3 is 2.70 bits per heavy atom. The molecule has 1 aromatic carbocycles. The first-order valence-corrected chi connectivity index (χ1v) is 11.0. The molecule has 30 heavy (non-hydrogen) atoms. The highest BCUT2D eigenvalue weighted by Gasteiger charge is 2.30. The molecular formula is C23H33N5O2. The second kappa shape index (κ2) is 9.08. The van der Waals surface area contributed by atoms with E-state index in [4.69, 9.17) is 15.2 Å². The van der Waals surface area contributed by atoms with Crippen LogP contribution in [-0.4, -0.2) is 54.8 Å². The predicted octanol–water partition coefficient (Wildman–Crippen LogP) is 3.73. The first kappa shape index (κ1) is 20.7. The molecule has 1 aliphatic carbocycles. The van der Waals surface area contributed by atoms with Crippen LogP contribution in [0.4, 0.5) is 11.8 Å². The Morgan fingerprint density at radius 1 is 1.17 bits per heavy atom. The van der Waals surface area contributed by atoms with Crippen molar-refractivity contribution in [3.8, 4) is 22.6 Å². The van der Waals surface area contributed by atoms with Gasteiger partial charge in [-0.25, -0.2) is 4.98 Å². The number of ether oxygens (including phenoxy) is 2. The number of likely N-dealkylation sites (tertiary alicyclic amines) is 1. The molecule has 162 valence electrons. The number of benzene rings is 1. The number of nitrogens with one attached hydrogen (secondary N) is 1. The van der Waals surface area contributed by atoms with Crippen molar-refractivity contribution in [2.75, 3.05) is 44.9 Å². The molecule has 1 aliphatic heterocycles. The Bertz CT molecular complexity index is 882. The third-order valence-electron chi connectivity index (χ3n) is 6.43. The molecule has 1 saturated heterocycles. The van der Waals surface area contributed by atoms with Gasteiger partial charge >= 0.3 is 0 Å². The van der Waals surface area contributed by atoms with E-state index in [1.54, 1.807) is 7.11 Å². The third kappa shape index (κ3) is 4.31. The Hall–Kier alpha value is -2.54. The Kier molecular flexibility index (Phi) is 6.27. The molecule has 2 aliphatic rings. The average molecular weight is 412 g/mol. The molecule has 1 atom stereocenters. The molecule has 4 rings (SSSR count). The summed E-state index contributed by atoms with van der Waals surface area (Å²) in [5, 5.41) is 3.12. The van der Waals surface area contributed by atoms with Gasteiger partial charge in [0.1, 0.15) is 5.82 Å². The van der Waals surface area contributed by atoms with Gasteiger partial charge in [0.05, 0.1) is 19.4 Å². The molecule has 0 spiro atoms. The fraction of sp³-hybridized carbons (Fsp3) is 0.565. The van der Waals surface area contributed by atoms with Crippen molar-refractivity contribution in [1.82, 2.24) is 14.9 Å². The maximum Gasteiger partial charge on any atom is 0.222 e. The molecule has 2 heterocycles. The lowest BCUT2D eigenvalue weighted by Crippen LogP contribution is -2.31. The Balaban J connectivity index is 1.50. The zero-order valence-corrected chi connectivity index (χ0v) is 18.3. The van der Waals surface area contributed by atoms with Gasteiger partial charge in [0.2, 0.25) is 5.95 Å². The van der Waals surface area contributed by atoms with Gasteiger partial charge in [0.25, 0.3) is 0 Å². The highest BCUT2D eigenvalue weighted by atomic mass is 16.5.